The zero-order chi connectivity index (χ0) is 10.7. The lowest BCUT2D eigenvalue weighted by Crippen LogP contribution is -2.43. The van der Waals surface area contributed by atoms with Crippen LogP contribution in [0.2, 0.25) is 0 Å². The molecule has 1 rings (SSSR count). The highest BCUT2D eigenvalue weighted by Crippen LogP contribution is 2.40. The summed E-state index contributed by atoms with van der Waals surface area (Å²) in [6.45, 7) is -0.170. The maximum absolute atomic E-state index is 11.8. The molecule has 1 N–H and O–H groups in total. The van der Waals surface area contributed by atoms with Gasteiger partial charge in [-0.1, -0.05) is 6.42 Å². The van der Waals surface area contributed by atoms with Crippen molar-refractivity contribution < 1.29 is 17.9 Å². The highest BCUT2D eigenvalue weighted by atomic mass is 19.4. The van der Waals surface area contributed by atoms with Gasteiger partial charge in [0, 0.05) is 12.0 Å². The van der Waals surface area contributed by atoms with Gasteiger partial charge in [0.2, 0.25) is 0 Å². The monoisotopic (exact) mass is 211 g/mol. The van der Waals surface area contributed by atoms with Gasteiger partial charge in [0.05, 0.1) is 6.61 Å². The molecule has 0 atom stereocenters. The summed E-state index contributed by atoms with van der Waals surface area (Å²) < 4.78 is 40.1. The Kier molecular flexibility index (Phi) is 3.78. The molecule has 5 heteroatoms. The molecule has 14 heavy (non-hydrogen) atoms. The lowest BCUT2D eigenvalue weighted by atomic mass is 9.69. The second-order valence-electron chi connectivity index (χ2n) is 3.99. The third kappa shape index (κ3) is 3.46. The number of rotatable bonds is 5. The van der Waals surface area contributed by atoms with Crippen molar-refractivity contribution in [2.75, 3.05) is 26.8 Å². The standard InChI is InChI=1S/C9H16F3NO/c1-13-5-8(3-2-4-8)6-14-7-9(10,11)12/h13H,2-7H2,1H3. The van der Waals surface area contributed by atoms with Crippen molar-refractivity contribution in [2.24, 2.45) is 5.41 Å². The van der Waals surface area contributed by atoms with Crippen molar-refractivity contribution in [3.63, 3.8) is 0 Å². The number of hydrogen-bond acceptors (Lipinski definition) is 2. The maximum Gasteiger partial charge on any atom is 0.411 e. The minimum atomic E-state index is -4.20. The van der Waals surface area contributed by atoms with Crippen LogP contribution in [0, 0.1) is 5.41 Å². The number of ether oxygens (including phenoxy) is 1. The summed E-state index contributed by atoms with van der Waals surface area (Å²) >= 11 is 0. The Labute approximate surface area is 81.8 Å². The Bertz CT molecular complexity index is 177. The third-order valence-electron chi connectivity index (χ3n) is 2.64. The summed E-state index contributed by atoms with van der Waals surface area (Å²) in [5.74, 6) is 0. The van der Waals surface area contributed by atoms with Crippen molar-refractivity contribution in [1.29, 1.82) is 0 Å². The first-order valence-corrected chi connectivity index (χ1v) is 4.77. The van der Waals surface area contributed by atoms with Crippen molar-refractivity contribution in [3.8, 4) is 0 Å². The molecule has 84 valence electrons. The number of nitrogens with one attached hydrogen (secondary N) is 1. The summed E-state index contributed by atoms with van der Waals surface area (Å²) in [5, 5.41) is 3.00. The van der Waals surface area contributed by atoms with E-state index in [0.717, 1.165) is 25.8 Å². The van der Waals surface area contributed by atoms with Gasteiger partial charge in [-0.2, -0.15) is 13.2 Å². The van der Waals surface area contributed by atoms with Crippen LogP contribution in [-0.4, -0.2) is 33.0 Å². The molecule has 0 unspecified atom stereocenters. The van der Waals surface area contributed by atoms with E-state index in [0.29, 0.717) is 0 Å². The summed E-state index contributed by atoms with van der Waals surface area (Å²) in [5.41, 5.74) is -0.0417. The molecule has 0 amide bonds. The van der Waals surface area contributed by atoms with Crippen LogP contribution in [0.1, 0.15) is 19.3 Å². The van der Waals surface area contributed by atoms with Crippen LogP contribution in [0.3, 0.4) is 0 Å². The minimum absolute atomic E-state index is 0.0417. The van der Waals surface area contributed by atoms with Gasteiger partial charge in [0.1, 0.15) is 6.61 Å². The molecule has 0 spiro atoms. The Hall–Kier alpha value is -0.290. The quantitative estimate of drug-likeness (QED) is 0.750. The van der Waals surface area contributed by atoms with Gasteiger partial charge in [0.25, 0.3) is 0 Å². The van der Waals surface area contributed by atoms with Gasteiger partial charge in [0.15, 0.2) is 0 Å². The summed E-state index contributed by atoms with van der Waals surface area (Å²) in [7, 11) is 1.81. The van der Waals surface area contributed by atoms with Gasteiger partial charge >= 0.3 is 6.18 Å². The van der Waals surface area contributed by atoms with Gasteiger partial charge in [-0.15, -0.1) is 0 Å². The van der Waals surface area contributed by atoms with E-state index in [1.165, 1.54) is 0 Å². The summed E-state index contributed by atoms with van der Waals surface area (Å²) in [4.78, 5) is 0. The van der Waals surface area contributed by atoms with Crippen LogP contribution in [-0.2, 0) is 4.74 Å². The van der Waals surface area contributed by atoms with Crippen molar-refractivity contribution in [1.82, 2.24) is 5.32 Å². The van der Waals surface area contributed by atoms with Crippen LogP contribution in [0.15, 0.2) is 0 Å². The van der Waals surface area contributed by atoms with Crippen LogP contribution in [0.4, 0.5) is 13.2 Å². The number of halogens is 3. The number of hydrogen-bond donors (Lipinski definition) is 1. The van der Waals surface area contributed by atoms with Crippen molar-refractivity contribution in [3.05, 3.63) is 0 Å². The SMILES string of the molecule is CNCC1(COCC(F)(F)F)CCC1. The topological polar surface area (TPSA) is 21.3 Å². The summed E-state index contributed by atoms with van der Waals surface area (Å²) in [6.07, 6.45) is -1.18. The smallest absolute Gasteiger partial charge is 0.371 e. The average Bonchev–Trinajstić information content (AvgIpc) is 1.97. The fourth-order valence-electron chi connectivity index (χ4n) is 1.81. The highest BCUT2D eigenvalue weighted by Gasteiger charge is 2.38. The van der Waals surface area contributed by atoms with E-state index in [-0.39, 0.29) is 12.0 Å². The maximum atomic E-state index is 11.8. The minimum Gasteiger partial charge on any atom is -0.371 e. The molecule has 0 heterocycles. The second-order valence-corrected chi connectivity index (χ2v) is 3.99. The van der Waals surface area contributed by atoms with E-state index in [1.807, 2.05) is 7.05 Å². The van der Waals surface area contributed by atoms with Crippen LogP contribution < -0.4 is 5.32 Å². The molecule has 0 aromatic heterocycles. The highest BCUT2D eigenvalue weighted by molar-refractivity contribution is 4.89. The molecule has 0 radical (unpaired) electrons. The Morgan fingerprint density at radius 2 is 2.00 bits per heavy atom. The van der Waals surface area contributed by atoms with E-state index in [1.54, 1.807) is 0 Å². The predicted molar refractivity (Wildman–Crippen MR) is 47.1 cm³/mol. The molecule has 0 aromatic carbocycles. The normalized spacial score (nSPS) is 20.6. The van der Waals surface area contributed by atoms with E-state index in [9.17, 15) is 13.2 Å². The van der Waals surface area contributed by atoms with Crippen LogP contribution >= 0.6 is 0 Å². The first-order chi connectivity index (χ1) is 6.47. The molecule has 1 aliphatic carbocycles. The van der Waals surface area contributed by atoms with Gasteiger partial charge in [-0.25, -0.2) is 0 Å². The van der Waals surface area contributed by atoms with Crippen LogP contribution in [0.5, 0.6) is 0 Å². The molecule has 1 saturated carbocycles. The molecule has 0 bridgehead atoms. The van der Waals surface area contributed by atoms with Crippen molar-refractivity contribution >= 4 is 0 Å². The molecule has 1 aliphatic rings. The Balaban J connectivity index is 2.21. The number of alkyl halides is 3. The van der Waals surface area contributed by atoms with Gasteiger partial charge in [-0.05, 0) is 19.9 Å². The zero-order valence-corrected chi connectivity index (χ0v) is 8.28. The van der Waals surface area contributed by atoms with Gasteiger partial charge < -0.3 is 10.1 Å². The third-order valence-corrected chi connectivity index (χ3v) is 2.64. The first-order valence-electron chi connectivity index (χ1n) is 4.77. The van der Waals surface area contributed by atoms with E-state index in [4.69, 9.17) is 4.74 Å². The molecule has 0 aromatic rings. The lowest BCUT2D eigenvalue weighted by Gasteiger charge is -2.41. The Morgan fingerprint density at radius 3 is 2.36 bits per heavy atom. The summed E-state index contributed by atoms with van der Waals surface area (Å²) in [6, 6.07) is 0. The second kappa shape index (κ2) is 4.49. The molecular weight excluding hydrogens is 195 g/mol. The Morgan fingerprint density at radius 1 is 1.36 bits per heavy atom. The van der Waals surface area contributed by atoms with E-state index in [2.05, 4.69) is 5.32 Å². The average molecular weight is 211 g/mol. The molecular formula is C9H16F3NO. The fourth-order valence-corrected chi connectivity index (χ4v) is 1.81. The molecule has 0 aliphatic heterocycles. The van der Waals surface area contributed by atoms with Crippen LogP contribution in [0.25, 0.3) is 0 Å². The first kappa shape index (κ1) is 11.8. The van der Waals surface area contributed by atoms with E-state index >= 15 is 0 Å². The molecule has 2 nitrogen and oxygen atoms in total. The molecule has 0 saturated heterocycles. The predicted octanol–water partition coefficient (Wildman–Crippen LogP) is 1.96. The van der Waals surface area contributed by atoms with E-state index < -0.39 is 12.8 Å². The lowest BCUT2D eigenvalue weighted by molar-refractivity contribution is -0.184. The molecule has 1 fully saturated rings. The fraction of sp³-hybridized carbons (Fsp3) is 1.00. The zero-order valence-electron chi connectivity index (χ0n) is 8.28. The van der Waals surface area contributed by atoms with Crippen molar-refractivity contribution in [2.45, 2.75) is 25.4 Å². The largest absolute Gasteiger partial charge is 0.411 e. The van der Waals surface area contributed by atoms with Gasteiger partial charge in [-0.3, -0.25) is 0 Å².